The number of phenolic OH excluding ortho intramolecular Hbond substituents is 1. The lowest BCUT2D eigenvalue weighted by atomic mass is 10.2. The summed E-state index contributed by atoms with van der Waals surface area (Å²) in [5.74, 6) is -0.629. The molecule has 0 bridgehead atoms. The maximum Gasteiger partial charge on any atom is 0.269 e. The summed E-state index contributed by atoms with van der Waals surface area (Å²) in [4.78, 5) is 1.23. The van der Waals surface area contributed by atoms with Crippen LogP contribution >= 0.6 is 0 Å². The molecule has 0 aliphatic rings. The summed E-state index contributed by atoms with van der Waals surface area (Å²) in [6.07, 6.45) is 0. The average molecular weight is 305 g/mol. The van der Waals surface area contributed by atoms with Crippen LogP contribution in [0.4, 0.5) is 0 Å². The first-order valence-corrected chi connectivity index (χ1v) is 7.63. The van der Waals surface area contributed by atoms with Crippen molar-refractivity contribution in [2.24, 2.45) is 0 Å². The minimum absolute atomic E-state index is 0.0885. The Labute approximate surface area is 120 Å². The first-order valence-electron chi connectivity index (χ1n) is 6.02. The number of benzene rings is 2. The normalized spacial score (nSPS) is 11.9. The van der Waals surface area contributed by atoms with Gasteiger partial charge in [-0.05, 0) is 29.8 Å². The first kappa shape index (κ1) is 13.5. The van der Waals surface area contributed by atoms with E-state index >= 15 is 0 Å². The highest BCUT2D eigenvalue weighted by Gasteiger charge is 2.12. The predicted molar refractivity (Wildman–Crippen MR) is 75.8 cm³/mol. The minimum Gasteiger partial charge on any atom is -0.506 e. The minimum atomic E-state index is -4.15. The lowest BCUT2D eigenvalue weighted by Gasteiger charge is -2.05. The number of aromatic nitrogens is 3. The SMILES string of the molecule is O=S(=O)(O)Cc1ccc(O)c(-n2nc3ccccc3n2)c1. The average Bonchev–Trinajstić information content (AvgIpc) is 2.83. The van der Waals surface area contributed by atoms with E-state index in [1.165, 1.54) is 23.0 Å². The lowest BCUT2D eigenvalue weighted by Crippen LogP contribution is -2.04. The van der Waals surface area contributed by atoms with Crippen molar-refractivity contribution in [3.8, 4) is 11.4 Å². The number of hydrogen-bond acceptors (Lipinski definition) is 5. The van der Waals surface area contributed by atoms with Crippen LogP contribution in [0.3, 0.4) is 0 Å². The van der Waals surface area contributed by atoms with E-state index in [1.54, 1.807) is 12.1 Å². The van der Waals surface area contributed by atoms with Crippen LogP contribution in [0.2, 0.25) is 0 Å². The second-order valence-corrected chi connectivity index (χ2v) is 5.98. The van der Waals surface area contributed by atoms with Crippen molar-refractivity contribution in [3.63, 3.8) is 0 Å². The monoisotopic (exact) mass is 305 g/mol. The molecule has 0 radical (unpaired) electrons. The van der Waals surface area contributed by atoms with Gasteiger partial charge in [-0.3, -0.25) is 4.55 Å². The second kappa shape index (κ2) is 4.83. The van der Waals surface area contributed by atoms with Gasteiger partial charge in [0.2, 0.25) is 0 Å². The van der Waals surface area contributed by atoms with Gasteiger partial charge in [0.1, 0.15) is 28.2 Å². The molecule has 2 aromatic carbocycles. The van der Waals surface area contributed by atoms with E-state index in [-0.39, 0.29) is 11.4 Å². The van der Waals surface area contributed by atoms with Gasteiger partial charge in [-0.15, -0.1) is 15.0 Å². The van der Waals surface area contributed by atoms with Gasteiger partial charge in [0.05, 0.1) is 0 Å². The third-order valence-corrected chi connectivity index (χ3v) is 3.59. The van der Waals surface area contributed by atoms with E-state index in [2.05, 4.69) is 10.2 Å². The third-order valence-electron chi connectivity index (χ3n) is 2.89. The number of phenols is 1. The van der Waals surface area contributed by atoms with E-state index in [1.807, 2.05) is 12.1 Å². The molecule has 1 aromatic heterocycles. The van der Waals surface area contributed by atoms with Gasteiger partial charge in [0, 0.05) is 0 Å². The molecule has 0 spiro atoms. The smallest absolute Gasteiger partial charge is 0.269 e. The van der Waals surface area contributed by atoms with Crippen LogP contribution in [0.1, 0.15) is 5.56 Å². The summed E-state index contributed by atoms with van der Waals surface area (Å²) in [6, 6.07) is 11.4. The molecular weight excluding hydrogens is 294 g/mol. The highest BCUT2D eigenvalue weighted by Crippen LogP contribution is 2.23. The van der Waals surface area contributed by atoms with Gasteiger partial charge < -0.3 is 5.11 Å². The molecule has 21 heavy (non-hydrogen) atoms. The third kappa shape index (κ3) is 2.86. The zero-order valence-corrected chi connectivity index (χ0v) is 11.5. The summed E-state index contributed by atoms with van der Waals surface area (Å²) < 4.78 is 30.7. The fourth-order valence-electron chi connectivity index (χ4n) is 2.00. The first-order chi connectivity index (χ1) is 9.92. The molecule has 0 aliphatic carbocycles. The number of nitrogens with zero attached hydrogens (tertiary/aromatic N) is 3. The van der Waals surface area contributed by atoms with Gasteiger partial charge in [-0.1, -0.05) is 18.2 Å². The molecule has 0 aliphatic heterocycles. The highest BCUT2D eigenvalue weighted by atomic mass is 32.2. The van der Waals surface area contributed by atoms with Gasteiger partial charge >= 0.3 is 0 Å². The Balaban J connectivity index is 2.10. The Hall–Kier alpha value is -2.45. The zero-order valence-electron chi connectivity index (χ0n) is 10.7. The van der Waals surface area contributed by atoms with Crippen molar-refractivity contribution in [2.75, 3.05) is 0 Å². The molecule has 0 saturated heterocycles. The molecule has 3 aromatic rings. The molecule has 0 amide bonds. The number of rotatable bonds is 3. The quantitative estimate of drug-likeness (QED) is 0.711. The van der Waals surface area contributed by atoms with Crippen LogP contribution in [-0.2, 0) is 15.9 Å². The number of fused-ring (bicyclic) bond motifs is 1. The van der Waals surface area contributed by atoms with Crippen LogP contribution in [0.25, 0.3) is 16.7 Å². The molecule has 0 atom stereocenters. The molecule has 0 unspecified atom stereocenters. The number of hydrogen-bond donors (Lipinski definition) is 2. The molecule has 0 saturated carbocycles. The Kier molecular flexibility index (Phi) is 3.11. The summed E-state index contributed by atoms with van der Waals surface area (Å²) in [7, 11) is -4.15. The molecular formula is C13H11N3O4S. The highest BCUT2D eigenvalue weighted by molar-refractivity contribution is 7.85. The summed E-state index contributed by atoms with van der Waals surface area (Å²) in [5, 5.41) is 18.3. The predicted octanol–water partition coefficient (Wildman–Crippen LogP) is 1.51. The van der Waals surface area contributed by atoms with Crippen molar-refractivity contribution >= 4 is 21.2 Å². The van der Waals surface area contributed by atoms with Crippen molar-refractivity contribution in [1.82, 2.24) is 15.0 Å². The van der Waals surface area contributed by atoms with E-state index in [0.29, 0.717) is 16.6 Å². The summed E-state index contributed by atoms with van der Waals surface area (Å²) in [5.41, 5.74) is 1.87. The molecule has 0 fully saturated rings. The van der Waals surface area contributed by atoms with E-state index in [4.69, 9.17) is 4.55 Å². The van der Waals surface area contributed by atoms with Crippen molar-refractivity contribution < 1.29 is 18.1 Å². The van der Waals surface area contributed by atoms with Gasteiger partial charge in [-0.25, -0.2) is 0 Å². The zero-order chi connectivity index (χ0) is 15.0. The molecule has 8 heteroatoms. The molecule has 108 valence electrons. The van der Waals surface area contributed by atoms with E-state index < -0.39 is 15.9 Å². The standard InChI is InChI=1S/C13H11N3O4S/c17-13-6-5-9(8-21(18,19)20)7-12(13)16-14-10-3-1-2-4-11(10)15-16/h1-7,17H,8H2,(H,18,19,20). The van der Waals surface area contributed by atoms with Gasteiger partial charge in [-0.2, -0.15) is 8.42 Å². The molecule has 2 N–H and O–H groups in total. The van der Waals surface area contributed by atoms with Crippen LogP contribution in [-0.4, -0.2) is 33.1 Å². The van der Waals surface area contributed by atoms with E-state index in [0.717, 1.165) is 0 Å². The van der Waals surface area contributed by atoms with Crippen LogP contribution in [0.5, 0.6) is 5.75 Å². The van der Waals surface area contributed by atoms with Crippen LogP contribution in [0, 0.1) is 0 Å². The second-order valence-electron chi connectivity index (χ2n) is 4.53. The number of aromatic hydroxyl groups is 1. The molecule has 1 heterocycles. The van der Waals surface area contributed by atoms with Gasteiger partial charge in [0.15, 0.2) is 0 Å². The fourth-order valence-corrected chi connectivity index (χ4v) is 2.60. The lowest BCUT2D eigenvalue weighted by molar-refractivity contribution is 0.466. The van der Waals surface area contributed by atoms with Crippen molar-refractivity contribution in [1.29, 1.82) is 0 Å². The van der Waals surface area contributed by atoms with Gasteiger partial charge in [0.25, 0.3) is 10.1 Å². The largest absolute Gasteiger partial charge is 0.506 e. The fraction of sp³-hybridized carbons (Fsp3) is 0.0769. The van der Waals surface area contributed by atoms with E-state index in [9.17, 15) is 13.5 Å². The Morgan fingerprint density at radius 1 is 1.05 bits per heavy atom. The topological polar surface area (TPSA) is 105 Å². The van der Waals surface area contributed by atoms with Crippen LogP contribution < -0.4 is 0 Å². The van der Waals surface area contributed by atoms with Crippen LogP contribution in [0.15, 0.2) is 42.5 Å². The maximum atomic E-state index is 10.9. The summed E-state index contributed by atoms with van der Waals surface area (Å²) >= 11 is 0. The Bertz CT molecular complexity index is 885. The molecule has 7 nitrogen and oxygen atoms in total. The summed E-state index contributed by atoms with van der Waals surface area (Å²) in [6.45, 7) is 0. The Morgan fingerprint density at radius 3 is 2.24 bits per heavy atom. The van der Waals surface area contributed by atoms with Crippen molar-refractivity contribution in [3.05, 3.63) is 48.0 Å². The maximum absolute atomic E-state index is 10.9. The van der Waals surface area contributed by atoms with Crippen molar-refractivity contribution in [2.45, 2.75) is 5.75 Å². The Morgan fingerprint density at radius 2 is 1.67 bits per heavy atom. The molecule has 3 rings (SSSR count).